The number of anilines is 2. The lowest BCUT2D eigenvalue weighted by molar-refractivity contribution is -0.167. The van der Waals surface area contributed by atoms with E-state index in [1.165, 1.54) is 12.1 Å². The molecular weight excluding hydrogens is 468 g/mol. The Kier molecular flexibility index (Phi) is 5.45. The summed E-state index contributed by atoms with van der Waals surface area (Å²) in [6, 6.07) is 7.64. The van der Waals surface area contributed by atoms with Crippen LogP contribution in [0, 0.1) is 0 Å². The van der Waals surface area contributed by atoms with Crippen LogP contribution in [0.15, 0.2) is 45.8 Å². The van der Waals surface area contributed by atoms with Gasteiger partial charge in [0.15, 0.2) is 0 Å². The van der Waals surface area contributed by atoms with Gasteiger partial charge in [-0.05, 0) is 57.3 Å². The van der Waals surface area contributed by atoms with E-state index in [0.717, 1.165) is 23.8 Å². The Balaban J connectivity index is 1.82. The average molecular weight is 479 g/mol. The summed E-state index contributed by atoms with van der Waals surface area (Å²) in [5.74, 6) is -2.17. The van der Waals surface area contributed by atoms with E-state index < -0.39 is 29.2 Å². The van der Waals surface area contributed by atoms with Crippen molar-refractivity contribution in [2.45, 2.75) is 17.7 Å². The molecule has 148 valence electrons. The lowest BCUT2D eigenvalue weighted by Crippen LogP contribution is -2.30. The van der Waals surface area contributed by atoms with Crippen LogP contribution in [0.3, 0.4) is 0 Å². The Bertz CT molecular complexity index is 1050. The Labute approximate surface area is 166 Å². The first-order valence-corrected chi connectivity index (χ1v) is 9.88. The number of alkyl halides is 3. The molecule has 2 aromatic carbocycles. The summed E-state index contributed by atoms with van der Waals surface area (Å²) < 4.78 is 69.4. The molecule has 3 rings (SSSR count). The van der Waals surface area contributed by atoms with Gasteiger partial charge in [-0.1, -0.05) is 6.07 Å². The molecule has 3 N–H and O–H groups in total. The van der Waals surface area contributed by atoms with E-state index in [4.69, 9.17) is 4.65 Å². The molecule has 13 heteroatoms. The number of hydrogen-bond donors (Lipinski definition) is 3. The first kappa shape index (κ1) is 20.6. The van der Waals surface area contributed by atoms with E-state index in [2.05, 4.69) is 20.7 Å². The molecule has 0 bridgehead atoms. The van der Waals surface area contributed by atoms with Gasteiger partial charge in [-0.3, -0.25) is 9.52 Å². The highest BCUT2D eigenvalue weighted by atomic mass is 79.9. The largest absolute Gasteiger partial charge is 0.491 e. The Morgan fingerprint density at radius 1 is 1.18 bits per heavy atom. The molecule has 0 unspecified atom stereocenters. The van der Waals surface area contributed by atoms with Crippen molar-refractivity contribution < 1.29 is 36.1 Å². The Morgan fingerprint density at radius 3 is 2.50 bits per heavy atom. The van der Waals surface area contributed by atoms with Crippen molar-refractivity contribution >= 4 is 55.8 Å². The maximum Gasteiger partial charge on any atom is 0.491 e. The van der Waals surface area contributed by atoms with E-state index in [9.17, 15) is 31.4 Å². The third-order valence-electron chi connectivity index (χ3n) is 3.80. The van der Waals surface area contributed by atoms with Crippen molar-refractivity contribution in [1.29, 1.82) is 0 Å². The molecule has 1 aliphatic rings. The van der Waals surface area contributed by atoms with Crippen LogP contribution in [0.1, 0.15) is 5.56 Å². The van der Waals surface area contributed by atoms with Gasteiger partial charge in [0.1, 0.15) is 4.90 Å². The maximum absolute atomic E-state index is 12.6. The number of halogens is 4. The lowest BCUT2D eigenvalue weighted by Gasteiger charge is -2.13. The van der Waals surface area contributed by atoms with Crippen LogP contribution in [0.4, 0.5) is 24.5 Å². The molecule has 0 radical (unpaired) electrons. The number of amides is 1. The van der Waals surface area contributed by atoms with E-state index in [-0.39, 0.29) is 27.3 Å². The summed E-state index contributed by atoms with van der Waals surface area (Å²) >= 11 is 2.98. The monoisotopic (exact) mass is 478 g/mol. The highest BCUT2D eigenvalue weighted by Gasteiger charge is 2.38. The number of benzene rings is 2. The second-order valence-corrected chi connectivity index (χ2v) is 8.28. The number of fused-ring (bicyclic) bond motifs is 1. The number of sulfonamides is 1. The topological polar surface area (TPSA) is 105 Å². The smallest absolute Gasteiger partial charge is 0.423 e. The predicted molar refractivity (Wildman–Crippen MR) is 98.5 cm³/mol. The molecule has 1 amide bonds. The highest BCUT2D eigenvalue weighted by molar-refractivity contribution is 9.10. The van der Waals surface area contributed by atoms with Crippen LogP contribution in [0.2, 0.25) is 0 Å². The molecule has 7 nitrogen and oxygen atoms in total. The Hall–Kier alpha value is -2.09. The molecular formula is C15H11BBrF3N2O5S. The van der Waals surface area contributed by atoms with Crippen LogP contribution in [0.5, 0.6) is 0 Å². The standard InChI is InChI=1S/C15H11BBrF3N2O5S/c17-12-6-9(21-14(23)15(18,19)20)3-4-13(12)28(25,26)22-10-2-1-8-7-27-16(24)11(8)5-10/h1-6,22,24H,7H2,(H,21,23). The molecule has 2 aromatic rings. The van der Waals surface area contributed by atoms with Gasteiger partial charge in [0, 0.05) is 15.8 Å². The van der Waals surface area contributed by atoms with Gasteiger partial charge < -0.3 is 15.0 Å². The molecule has 0 atom stereocenters. The number of rotatable bonds is 4. The van der Waals surface area contributed by atoms with Crippen molar-refractivity contribution in [2.24, 2.45) is 0 Å². The predicted octanol–water partition coefficient (Wildman–Crippen LogP) is 1.97. The number of carbonyl (C=O) groups is 1. The summed E-state index contributed by atoms with van der Waals surface area (Å²) in [6.07, 6.45) is -5.07. The SMILES string of the molecule is O=C(Nc1ccc(S(=O)(=O)Nc2ccc3c(c2)B(O)OC3)c(Br)c1)C(F)(F)F. The minimum atomic E-state index is -5.07. The number of nitrogens with one attached hydrogen (secondary N) is 2. The molecule has 1 heterocycles. The van der Waals surface area contributed by atoms with Crippen LogP contribution in [0.25, 0.3) is 0 Å². The summed E-state index contributed by atoms with van der Waals surface area (Å²) in [5, 5.41) is 11.3. The zero-order chi connectivity index (χ0) is 20.7. The average Bonchev–Trinajstić information content (AvgIpc) is 2.94. The van der Waals surface area contributed by atoms with E-state index >= 15 is 0 Å². The summed E-state index contributed by atoms with van der Waals surface area (Å²) in [6.45, 7) is 0.209. The number of carbonyl (C=O) groups excluding carboxylic acids is 1. The molecule has 0 saturated heterocycles. The molecule has 1 aliphatic heterocycles. The lowest BCUT2D eigenvalue weighted by atomic mass is 9.79. The highest BCUT2D eigenvalue weighted by Crippen LogP contribution is 2.28. The quantitative estimate of drug-likeness (QED) is 0.583. The zero-order valence-electron chi connectivity index (χ0n) is 13.7. The van der Waals surface area contributed by atoms with Crippen LogP contribution in [-0.2, 0) is 26.1 Å². The van der Waals surface area contributed by atoms with Gasteiger partial charge in [-0.25, -0.2) is 8.42 Å². The third-order valence-corrected chi connectivity index (χ3v) is 6.16. The normalized spacial score (nSPS) is 14.0. The summed E-state index contributed by atoms with van der Waals surface area (Å²) in [4.78, 5) is 10.7. The second kappa shape index (κ2) is 7.39. The fourth-order valence-electron chi connectivity index (χ4n) is 2.49. The zero-order valence-corrected chi connectivity index (χ0v) is 16.2. The molecule has 0 aliphatic carbocycles. The summed E-state index contributed by atoms with van der Waals surface area (Å²) in [7, 11) is -5.26. The van der Waals surface area contributed by atoms with Gasteiger partial charge in [0.05, 0.1) is 6.61 Å². The third kappa shape index (κ3) is 4.32. The van der Waals surface area contributed by atoms with E-state index in [0.29, 0.717) is 5.46 Å². The van der Waals surface area contributed by atoms with Crippen LogP contribution in [-0.4, -0.2) is 32.6 Å². The van der Waals surface area contributed by atoms with Crippen molar-refractivity contribution in [3.05, 3.63) is 46.4 Å². The van der Waals surface area contributed by atoms with Gasteiger partial charge in [0.2, 0.25) is 0 Å². The van der Waals surface area contributed by atoms with Crippen molar-refractivity contribution in [3.63, 3.8) is 0 Å². The number of hydrogen-bond acceptors (Lipinski definition) is 5. The first-order valence-electron chi connectivity index (χ1n) is 7.60. The van der Waals surface area contributed by atoms with E-state index in [1.54, 1.807) is 11.4 Å². The van der Waals surface area contributed by atoms with Crippen molar-refractivity contribution in [3.8, 4) is 0 Å². The molecule has 28 heavy (non-hydrogen) atoms. The van der Waals surface area contributed by atoms with Crippen molar-refractivity contribution in [1.82, 2.24) is 0 Å². The van der Waals surface area contributed by atoms with Crippen molar-refractivity contribution in [2.75, 3.05) is 10.0 Å². The minimum Gasteiger partial charge on any atom is -0.423 e. The fraction of sp³-hybridized carbons (Fsp3) is 0.133. The van der Waals surface area contributed by atoms with Gasteiger partial charge >= 0.3 is 19.2 Å². The molecule has 0 aromatic heterocycles. The van der Waals surface area contributed by atoms with Gasteiger partial charge in [0.25, 0.3) is 10.0 Å². The second-order valence-electron chi connectivity index (χ2n) is 5.78. The van der Waals surface area contributed by atoms with E-state index in [1.807, 2.05) is 0 Å². The maximum atomic E-state index is 12.6. The van der Waals surface area contributed by atoms with Crippen LogP contribution < -0.4 is 15.5 Å². The molecule has 0 fully saturated rings. The van der Waals surface area contributed by atoms with Gasteiger partial charge in [-0.2, -0.15) is 13.2 Å². The minimum absolute atomic E-state index is 0.0514. The van der Waals surface area contributed by atoms with Crippen LogP contribution >= 0.6 is 15.9 Å². The fourth-order valence-corrected chi connectivity index (χ4v) is 4.62. The molecule has 0 spiro atoms. The Morgan fingerprint density at radius 2 is 1.86 bits per heavy atom. The van der Waals surface area contributed by atoms with Gasteiger partial charge in [-0.15, -0.1) is 0 Å². The first-order chi connectivity index (χ1) is 13.0. The summed E-state index contributed by atoms with van der Waals surface area (Å²) in [5.41, 5.74) is 1.10. The molecule has 0 saturated carbocycles.